The molecular formula is C23H16N4O4. The Hall–Kier alpha value is -4.59. The van der Waals surface area contributed by atoms with Crippen LogP contribution in [-0.2, 0) is 0 Å². The molecule has 0 aliphatic rings. The van der Waals surface area contributed by atoms with E-state index in [0.29, 0.717) is 22.5 Å². The van der Waals surface area contributed by atoms with Gasteiger partial charge in [-0.1, -0.05) is 60.7 Å². The molecule has 8 heteroatoms. The number of non-ortho nitro benzene ring substituents is 1. The number of aromatic amines is 1. The summed E-state index contributed by atoms with van der Waals surface area (Å²) in [5.41, 5.74) is 1.74. The molecule has 0 saturated carbocycles. The number of carbonyl (C=O) groups is 1. The number of hydrogen-bond donors (Lipinski definition) is 2. The molecule has 4 aromatic rings. The van der Waals surface area contributed by atoms with Crippen molar-refractivity contribution in [1.82, 2.24) is 10.2 Å². The number of amides is 1. The third-order valence-corrected chi connectivity index (χ3v) is 4.66. The van der Waals surface area contributed by atoms with Crippen LogP contribution in [0.15, 0.2) is 89.7 Å². The van der Waals surface area contributed by atoms with Crippen LogP contribution in [0.4, 0.5) is 11.4 Å². The zero-order chi connectivity index (χ0) is 21.8. The molecule has 0 aliphatic carbocycles. The number of rotatable bonds is 5. The van der Waals surface area contributed by atoms with E-state index in [4.69, 9.17) is 0 Å². The molecule has 0 spiro atoms. The minimum absolute atomic E-state index is 0.0987. The molecule has 31 heavy (non-hydrogen) atoms. The molecule has 0 unspecified atom stereocenters. The van der Waals surface area contributed by atoms with E-state index < -0.39 is 16.4 Å². The lowest BCUT2D eigenvalue weighted by Gasteiger charge is -2.14. The number of hydrogen-bond acceptors (Lipinski definition) is 5. The SMILES string of the molecule is O=C(Nc1ccc([N+](=O)[O-])cc1)c1c(-c2ccccc2)c(-c2ccccc2)n[nH]c1=O. The fourth-order valence-corrected chi connectivity index (χ4v) is 3.22. The molecule has 0 atom stereocenters. The third kappa shape index (κ3) is 4.08. The summed E-state index contributed by atoms with van der Waals surface area (Å²) in [6.45, 7) is 0. The summed E-state index contributed by atoms with van der Waals surface area (Å²) in [6.07, 6.45) is 0. The van der Waals surface area contributed by atoms with Gasteiger partial charge < -0.3 is 5.32 Å². The molecule has 1 heterocycles. The van der Waals surface area contributed by atoms with Gasteiger partial charge in [-0.15, -0.1) is 0 Å². The Morgan fingerprint density at radius 2 is 1.45 bits per heavy atom. The Morgan fingerprint density at radius 1 is 0.871 bits per heavy atom. The first-order chi connectivity index (χ1) is 15.0. The van der Waals surface area contributed by atoms with Gasteiger partial charge in [0.15, 0.2) is 0 Å². The molecule has 3 aromatic carbocycles. The predicted octanol–water partition coefficient (Wildman–Crippen LogP) is 4.26. The van der Waals surface area contributed by atoms with Crippen LogP contribution in [0.5, 0.6) is 0 Å². The van der Waals surface area contributed by atoms with Crippen LogP contribution in [0.2, 0.25) is 0 Å². The fourth-order valence-electron chi connectivity index (χ4n) is 3.22. The maximum atomic E-state index is 13.1. The van der Waals surface area contributed by atoms with Crippen molar-refractivity contribution in [3.63, 3.8) is 0 Å². The Balaban J connectivity index is 1.84. The molecule has 0 radical (unpaired) electrons. The minimum Gasteiger partial charge on any atom is -0.322 e. The molecule has 2 N–H and O–H groups in total. The molecule has 0 saturated heterocycles. The van der Waals surface area contributed by atoms with Crippen LogP contribution < -0.4 is 10.9 Å². The average Bonchev–Trinajstić information content (AvgIpc) is 2.80. The smallest absolute Gasteiger partial charge is 0.277 e. The second-order valence-corrected chi connectivity index (χ2v) is 6.64. The summed E-state index contributed by atoms with van der Waals surface area (Å²) in [7, 11) is 0. The largest absolute Gasteiger partial charge is 0.322 e. The standard InChI is InChI=1S/C23H16N4O4/c28-22(24-17-11-13-18(14-12-17)27(30)31)20-19(15-7-3-1-4-8-15)21(25-26-23(20)29)16-9-5-2-6-10-16/h1-14H,(H,24,28)(H,26,29). The monoisotopic (exact) mass is 412 g/mol. The Labute approximate surface area is 176 Å². The molecule has 1 amide bonds. The van der Waals surface area contributed by atoms with E-state index in [-0.39, 0.29) is 11.3 Å². The van der Waals surface area contributed by atoms with Gasteiger partial charge in [0, 0.05) is 28.9 Å². The van der Waals surface area contributed by atoms with Crippen LogP contribution in [-0.4, -0.2) is 21.0 Å². The van der Waals surface area contributed by atoms with Crippen LogP contribution in [0, 0.1) is 10.1 Å². The average molecular weight is 412 g/mol. The van der Waals surface area contributed by atoms with Gasteiger partial charge in [-0.2, -0.15) is 5.10 Å². The summed E-state index contributed by atoms with van der Waals surface area (Å²) in [5.74, 6) is -0.645. The summed E-state index contributed by atoms with van der Waals surface area (Å²) in [6, 6.07) is 23.6. The number of anilines is 1. The first kappa shape index (κ1) is 19.7. The molecule has 0 bridgehead atoms. The lowest BCUT2D eigenvalue weighted by molar-refractivity contribution is -0.384. The topological polar surface area (TPSA) is 118 Å². The quantitative estimate of drug-likeness (QED) is 0.375. The molecule has 4 rings (SSSR count). The van der Waals surface area contributed by atoms with E-state index >= 15 is 0 Å². The van der Waals surface area contributed by atoms with Crippen molar-refractivity contribution < 1.29 is 9.72 Å². The zero-order valence-electron chi connectivity index (χ0n) is 16.1. The highest BCUT2D eigenvalue weighted by atomic mass is 16.6. The number of carbonyl (C=O) groups excluding carboxylic acids is 1. The van der Waals surface area contributed by atoms with Crippen molar-refractivity contribution in [3.05, 3.63) is 111 Å². The molecule has 1 aromatic heterocycles. The summed E-state index contributed by atoms with van der Waals surface area (Å²) in [4.78, 5) is 36.2. The summed E-state index contributed by atoms with van der Waals surface area (Å²) in [5, 5.41) is 20.1. The molecule has 8 nitrogen and oxygen atoms in total. The highest BCUT2D eigenvalue weighted by Crippen LogP contribution is 2.32. The minimum atomic E-state index is -0.645. The number of benzene rings is 3. The van der Waals surface area contributed by atoms with E-state index in [2.05, 4.69) is 15.5 Å². The van der Waals surface area contributed by atoms with Crippen molar-refractivity contribution in [2.24, 2.45) is 0 Å². The van der Waals surface area contributed by atoms with Crippen molar-refractivity contribution in [2.45, 2.75) is 0 Å². The van der Waals surface area contributed by atoms with Gasteiger partial charge in [0.2, 0.25) is 0 Å². The molecule has 152 valence electrons. The summed E-state index contributed by atoms with van der Waals surface area (Å²) < 4.78 is 0. The number of nitrogens with one attached hydrogen (secondary N) is 2. The maximum Gasteiger partial charge on any atom is 0.277 e. The van der Waals surface area contributed by atoms with E-state index in [1.807, 2.05) is 48.5 Å². The van der Waals surface area contributed by atoms with Crippen molar-refractivity contribution >= 4 is 17.3 Å². The van der Waals surface area contributed by atoms with Gasteiger partial charge in [0.25, 0.3) is 17.2 Å². The zero-order valence-corrected chi connectivity index (χ0v) is 16.1. The van der Waals surface area contributed by atoms with Crippen LogP contribution in [0.1, 0.15) is 10.4 Å². The number of nitro groups is 1. The third-order valence-electron chi connectivity index (χ3n) is 4.66. The highest BCUT2D eigenvalue weighted by molar-refractivity contribution is 6.10. The molecular weight excluding hydrogens is 396 g/mol. The van der Waals surface area contributed by atoms with Gasteiger partial charge in [-0.25, -0.2) is 5.10 Å². The number of H-pyrrole nitrogens is 1. The van der Waals surface area contributed by atoms with Crippen molar-refractivity contribution in [2.75, 3.05) is 5.32 Å². The van der Waals surface area contributed by atoms with Gasteiger partial charge in [-0.3, -0.25) is 19.7 Å². The van der Waals surface area contributed by atoms with E-state index in [0.717, 1.165) is 5.56 Å². The van der Waals surface area contributed by atoms with Gasteiger partial charge in [0.1, 0.15) is 5.56 Å². The number of aromatic nitrogens is 2. The van der Waals surface area contributed by atoms with E-state index in [1.165, 1.54) is 24.3 Å². The Kier molecular flexibility index (Phi) is 5.35. The highest BCUT2D eigenvalue weighted by Gasteiger charge is 2.23. The lowest BCUT2D eigenvalue weighted by Crippen LogP contribution is -2.26. The summed E-state index contributed by atoms with van der Waals surface area (Å²) >= 11 is 0. The Morgan fingerprint density at radius 3 is 2.03 bits per heavy atom. The van der Waals surface area contributed by atoms with Crippen LogP contribution in [0.3, 0.4) is 0 Å². The van der Waals surface area contributed by atoms with Gasteiger partial charge >= 0.3 is 0 Å². The second kappa shape index (κ2) is 8.42. The van der Waals surface area contributed by atoms with Crippen molar-refractivity contribution in [1.29, 1.82) is 0 Å². The van der Waals surface area contributed by atoms with Crippen LogP contribution in [0.25, 0.3) is 22.4 Å². The van der Waals surface area contributed by atoms with Gasteiger partial charge in [0.05, 0.1) is 10.6 Å². The normalized spacial score (nSPS) is 10.5. The number of nitro benzene ring substituents is 1. The predicted molar refractivity (Wildman–Crippen MR) is 117 cm³/mol. The van der Waals surface area contributed by atoms with Gasteiger partial charge in [-0.05, 0) is 17.7 Å². The maximum absolute atomic E-state index is 13.1. The van der Waals surface area contributed by atoms with E-state index in [1.54, 1.807) is 12.1 Å². The Bertz CT molecular complexity index is 1300. The molecule has 0 fully saturated rings. The van der Waals surface area contributed by atoms with Crippen molar-refractivity contribution in [3.8, 4) is 22.4 Å². The van der Waals surface area contributed by atoms with E-state index in [9.17, 15) is 19.7 Å². The molecule has 0 aliphatic heterocycles. The first-order valence-corrected chi connectivity index (χ1v) is 9.34. The second-order valence-electron chi connectivity index (χ2n) is 6.64. The fraction of sp³-hybridized carbons (Fsp3) is 0. The lowest BCUT2D eigenvalue weighted by atomic mass is 9.95. The van der Waals surface area contributed by atoms with Crippen LogP contribution >= 0.6 is 0 Å². The first-order valence-electron chi connectivity index (χ1n) is 9.34. The number of nitrogens with zero attached hydrogens (tertiary/aromatic N) is 2.